The van der Waals surface area contributed by atoms with E-state index >= 15 is 0 Å². The summed E-state index contributed by atoms with van der Waals surface area (Å²) in [5.41, 5.74) is 6.87. The number of nitrogens with zero attached hydrogens (tertiary/aromatic N) is 1. The van der Waals surface area contributed by atoms with E-state index in [2.05, 4.69) is 4.98 Å². The van der Waals surface area contributed by atoms with Crippen LogP contribution in [0.15, 0.2) is 24.4 Å². The van der Waals surface area contributed by atoms with E-state index in [4.69, 9.17) is 15.2 Å². The van der Waals surface area contributed by atoms with E-state index in [-0.39, 0.29) is 18.2 Å². The van der Waals surface area contributed by atoms with Crippen molar-refractivity contribution in [3.8, 4) is 0 Å². The minimum atomic E-state index is -0.156. The molecule has 3 atom stereocenters. The van der Waals surface area contributed by atoms with Crippen LogP contribution in [0.1, 0.15) is 38.0 Å². The summed E-state index contributed by atoms with van der Waals surface area (Å²) >= 11 is 0. The average Bonchev–Trinajstić information content (AvgIpc) is 2.41. The molecule has 2 heterocycles. The van der Waals surface area contributed by atoms with Crippen LogP contribution in [0.4, 0.5) is 0 Å². The highest BCUT2D eigenvalue weighted by molar-refractivity contribution is 5.08. The molecule has 0 aromatic carbocycles. The van der Waals surface area contributed by atoms with Crippen LogP contribution in [-0.2, 0) is 9.47 Å². The van der Waals surface area contributed by atoms with Crippen molar-refractivity contribution in [3.63, 3.8) is 0 Å². The van der Waals surface area contributed by atoms with Gasteiger partial charge in [0.2, 0.25) is 0 Å². The lowest BCUT2D eigenvalue weighted by Crippen LogP contribution is -2.32. The Kier molecular flexibility index (Phi) is 5.11. The van der Waals surface area contributed by atoms with Crippen LogP contribution < -0.4 is 5.73 Å². The maximum atomic E-state index is 5.98. The number of nitrogens with two attached hydrogens (primary N) is 1. The van der Waals surface area contributed by atoms with Gasteiger partial charge in [-0.3, -0.25) is 4.98 Å². The predicted molar refractivity (Wildman–Crippen MR) is 70.2 cm³/mol. The number of aromatic nitrogens is 1. The minimum Gasteiger partial charge on any atom is -0.376 e. The van der Waals surface area contributed by atoms with Gasteiger partial charge in [-0.1, -0.05) is 6.07 Å². The minimum absolute atomic E-state index is 0.0801. The molecule has 4 heteroatoms. The highest BCUT2D eigenvalue weighted by Crippen LogP contribution is 2.20. The standard InChI is InChI=1S/C14H22N2O2/c1-11(15)14(13-7-2-4-8-16-13)18-10-12-6-3-5-9-17-12/h2,4,7-8,11-12,14H,3,5-6,9-10,15H2,1H3. The fourth-order valence-electron chi connectivity index (χ4n) is 2.20. The second-order valence-corrected chi connectivity index (χ2v) is 4.86. The molecule has 0 radical (unpaired) electrons. The molecule has 1 aliphatic heterocycles. The van der Waals surface area contributed by atoms with Gasteiger partial charge >= 0.3 is 0 Å². The van der Waals surface area contributed by atoms with Gasteiger partial charge < -0.3 is 15.2 Å². The maximum absolute atomic E-state index is 5.98. The smallest absolute Gasteiger partial charge is 0.114 e. The monoisotopic (exact) mass is 250 g/mol. The Hall–Kier alpha value is -0.970. The first kappa shape index (κ1) is 13.5. The highest BCUT2D eigenvalue weighted by Gasteiger charge is 2.21. The predicted octanol–water partition coefficient (Wildman–Crippen LogP) is 2.06. The third-order valence-electron chi connectivity index (χ3n) is 3.19. The number of ether oxygens (including phenoxy) is 2. The quantitative estimate of drug-likeness (QED) is 0.869. The number of hydrogen-bond acceptors (Lipinski definition) is 4. The van der Waals surface area contributed by atoms with Crippen LogP contribution in [0, 0.1) is 0 Å². The first-order chi connectivity index (χ1) is 8.77. The number of hydrogen-bond donors (Lipinski definition) is 1. The van der Waals surface area contributed by atoms with E-state index in [1.54, 1.807) is 6.20 Å². The zero-order chi connectivity index (χ0) is 12.8. The fraction of sp³-hybridized carbons (Fsp3) is 0.643. The molecule has 1 aromatic rings. The van der Waals surface area contributed by atoms with Crippen LogP contribution in [0.2, 0.25) is 0 Å². The fourth-order valence-corrected chi connectivity index (χ4v) is 2.20. The van der Waals surface area contributed by atoms with Gasteiger partial charge in [0.05, 0.1) is 18.4 Å². The van der Waals surface area contributed by atoms with Crippen molar-refractivity contribution in [2.75, 3.05) is 13.2 Å². The van der Waals surface area contributed by atoms with E-state index in [0.717, 1.165) is 25.1 Å². The summed E-state index contributed by atoms with van der Waals surface area (Å²) in [6, 6.07) is 5.73. The molecule has 100 valence electrons. The van der Waals surface area contributed by atoms with Crippen molar-refractivity contribution in [2.45, 2.75) is 44.4 Å². The Labute approximate surface area is 108 Å². The molecule has 0 bridgehead atoms. The van der Waals surface area contributed by atoms with Gasteiger partial charge in [0.1, 0.15) is 6.10 Å². The second-order valence-electron chi connectivity index (χ2n) is 4.86. The molecular weight excluding hydrogens is 228 g/mol. The van der Waals surface area contributed by atoms with Crippen LogP contribution in [-0.4, -0.2) is 30.3 Å². The third kappa shape index (κ3) is 3.77. The van der Waals surface area contributed by atoms with Crippen molar-refractivity contribution in [1.29, 1.82) is 0 Å². The van der Waals surface area contributed by atoms with Gasteiger partial charge in [-0.25, -0.2) is 0 Å². The molecular formula is C14H22N2O2. The Morgan fingerprint density at radius 2 is 2.39 bits per heavy atom. The molecule has 1 fully saturated rings. The summed E-state index contributed by atoms with van der Waals surface area (Å²) in [5.74, 6) is 0. The molecule has 3 unspecified atom stereocenters. The van der Waals surface area contributed by atoms with Crippen molar-refractivity contribution >= 4 is 0 Å². The van der Waals surface area contributed by atoms with E-state index in [0.29, 0.717) is 6.61 Å². The molecule has 1 aliphatic rings. The van der Waals surface area contributed by atoms with Crippen LogP contribution in [0.5, 0.6) is 0 Å². The summed E-state index contributed by atoms with van der Waals surface area (Å²) in [5, 5.41) is 0. The molecule has 0 aliphatic carbocycles. The van der Waals surface area contributed by atoms with Crippen molar-refractivity contribution < 1.29 is 9.47 Å². The van der Waals surface area contributed by atoms with Gasteiger partial charge in [0, 0.05) is 18.8 Å². The lowest BCUT2D eigenvalue weighted by Gasteiger charge is -2.26. The largest absolute Gasteiger partial charge is 0.376 e. The van der Waals surface area contributed by atoms with Crippen LogP contribution >= 0.6 is 0 Å². The van der Waals surface area contributed by atoms with E-state index in [9.17, 15) is 0 Å². The topological polar surface area (TPSA) is 57.4 Å². The summed E-state index contributed by atoms with van der Waals surface area (Å²) in [6.07, 6.45) is 5.29. The van der Waals surface area contributed by atoms with Crippen LogP contribution in [0.25, 0.3) is 0 Å². The molecule has 0 spiro atoms. The lowest BCUT2D eigenvalue weighted by molar-refractivity contribution is -0.0690. The molecule has 1 aromatic heterocycles. The molecule has 2 rings (SSSR count). The highest BCUT2D eigenvalue weighted by atomic mass is 16.5. The zero-order valence-corrected chi connectivity index (χ0v) is 10.9. The molecule has 4 nitrogen and oxygen atoms in total. The van der Waals surface area contributed by atoms with Crippen molar-refractivity contribution in [2.24, 2.45) is 5.73 Å². The normalized spacial score (nSPS) is 23.6. The second kappa shape index (κ2) is 6.83. The number of pyridine rings is 1. The Morgan fingerprint density at radius 1 is 1.50 bits per heavy atom. The van der Waals surface area contributed by atoms with Gasteiger partial charge in [-0.15, -0.1) is 0 Å². The summed E-state index contributed by atoms with van der Waals surface area (Å²) in [4.78, 5) is 4.32. The van der Waals surface area contributed by atoms with Crippen molar-refractivity contribution in [1.82, 2.24) is 4.98 Å². The molecule has 2 N–H and O–H groups in total. The Bertz CT molecular complexity index is 337. The maximum Gasteiger partial charge on any atom is 0.114 e. The number of rotatable bonds is 5. The molecule has 18 heavy (non-hydrogen) atoms. The first-order valence-corrected chi connectivity index (χ1v) is 6.67. The third-order valence-corrected chi connectivity index (χ3v) is 3.19. The first-order valence-electron chi connectivity index (χ1n) is 6.67. The summed E-state index contributed by atoms with van der Waals surface area (Å²) in [6.45, 7) is 3.39. The van der Waals surface area contributed by atoms with Crippen LogP contribution in [0.3, 0.4) is 0 Å². The van der Waals surface area contributed by atoms with E-state index < -0.39 is 0 Å². The Balaban J connectivity index is 1.90. The SMILES string of the molecule is CC(N)C(OCC1CCCCO1)c1ccccn1. The molecule has 0 saturated carbocycles. The van der Waals surface area contributed by atoms with Gasteiger partial charge in [-0.05, 0) is 38.3 Å². The van der Waals surface area contributed by atoms with Gasteiger partial charge in [-0.2, -0.15) is 0 Å². The molecule has 0 amide bonds. The Morgan fingerprint density at radius 3 is 3.00 bits per heavy atom. The van der Waals surface area contributed by atoms with E-state index in [1.165, 1.54) is 6.42 Å². The van der Waals surface area contributed by atoms with E-state index in [1.807, 2.05) is 25.1 Å². The average molecular weight is 250 g/mol. The summed E-state index contributed by atoms with van der Waals surface area (Å²) in [7, 11) is 0. The summed E-state index contributed by atoms with van der Waals surface area (Å²) < 4.78 is 11.6. The zero-order valence-electron chi connectivity index (χ0n) is 10.9. The molecule has 1 saturated heterocycles. The lowest BCUT2D eigenvalue weighted by atomic mass is 10.1. The van der Waals surface area contributed by atoms with Gasteiger partial charge in [0.15, 0.2) is 0 Å². The van der Waals surface area contributed by atoms with Gasteiger partial charge in [0.25, 0.3) is 0 Å². The van der Waals surface area contributed by atoms with Crippen molar-refractivity contribution in [3.05, 3.63) is 30.1 Å².